The summed E-state index contributed by atoms with van der Waals surface area (Å²) in [5.74, 6) is -0.806. The summed E-state index contributed by atoms with van der Waals surface area (Å²) in [4.78, 5) is 25.4. The van der Waals surface area contributed by atoms with E-state index in [4.69, 9.17) is 0 Å². The number of hydrogen-bond donors (Lipinski definition) is 3. The molecule has 0 radical (unpaired) electrons. The van der Waals surface area contributed by atoms with Crippen molar-refractivity contribution in [3.05, 3.63) is 46.7 Å². The van der Waals surface area contributed by atoms with Gasteiger partial charge in [-0.1, -0.05) is 26.0 Å². The lowest BCUT2D eigenvalue weighted by Crippen LogP contribution is -2.46. The number of carbonyl (C=O) groups is 2. The predicted molar refractivity (Wildman–Crippen MR) is 104 cm³/mol. The molecule has 0 spiro atoms. The van der Waals surface area contributed by atoms with Gasteiger partial charge in [0, 0.05) is 5.69 Å². The zero-order chi connectivity index (χ0) is 19.3. The van der Waals surface area contributed by atoms with Crippen molar-refractivity contribution in [3.8, 4) is 0 Å². The third-order valence-electron chi connectivity index (χ3n) is 3.41. The second-order valence-electron chi connectivity index (χ2n) is 6.12. The standard InChI is InChI=1S/C17H21N3O4S2/c1-11(2)15(19-16(21)14-8-5-9-25-14)17(22)18-12-6-4-7-13(10-12)20-26(3,23)24/h4-11,15,20H,1-3H3,(H,18,22)(H,19,21). The van der Waals surface area contributed by atoms with Gasteiger partial charge in [-0.2, -0.15) is 0 Å². The molecule has 0 saturated heterocycles. The average molecular weight is 396 g/mol. The SMILES string of the molecule is CC(C)C(NC(=O)c1cccs1)C(=O)Nc1cccc(NS(C)(=O)=O)c1. The zero-order valence-electron chi connectivity index (χ0n) is 14.6. The topological polar surface area (TPSA) is 104 Å². The van der Waals surface area contributed by atoms with Gasteiger partial charge < -0.3 is 10.6 Å². The highest BCUT2D eigenvalue weighted by Gasteiger charge is 2.25. The van der Waals surface area contributed by atoms with Gasteiger partial charge in [-0.25, -0.2) is 8.42 Å². The first kappa shape index (κ1) is 19.9. The predicted octanol–water partition coefficient (Wildman–Crippen LogP) is 2.51. The van der Waals surface area contributed by atoms with E-state index >= 15 is 0 Å². The van der Waals surface area contributed by atoms with Gasteiger partial charge in [0.05, 0.1) is 16.8 Å². The van der Waals surface area contributed by atoms with Crippen LogP contribution in [0.1, 0.15) is 23.5 Å². The van der Waals surface area contributed by atoms with E-state index in [1.165, 1.54) is 17.4 Å². The van der Waals surface area contributed by atoms with E-state index in [1.54, 1.807) is 35.7 Å². The molecule has 0 fully saturated rings. The molecule has 0 aliphatic rings. The van der Waals surface area contributed by atoms with Gasteiger partial charge >= 0.3 is 0 Å². The van der Waals surface area contributed by atoms with E-state index in [0.29, 0.717) is 16.3 Å². The number of carbonyl (C=O) groups excluding carboxylic acids is 2. The van der Waals surface area contributed by atoms with E-state index in [2.05, 4.69) is 15.4 Å². The summed E-state index contributed by atoms with van der Waals surface area (Å²) >= 11 is 1.30. The van der Waals surface area contributed by atoms with Crippen LogP contribution in [0, 0.1) is 5.92 Å². The number of hydrogen-bond acceptors (Lipinski definition) is 5. The second-order valence-corrected chi connectivity index (χ2v) is 8.81. The summed E-state index contributed by atoms with van der Waals surface area (Å²) in [6, 6.07) is 9.09. The Balaban J connectivity index is 2.10. The van der Waals surface area contributed by atoms with Crippen LogP contribution in [0.2, 0.25) is 0 Å². The first-order valence-corrected chi connectivity index (χ1v) is 10.7. The quantitative estimate of drug-likeness (QED) is 0.670. The molecule has 140 valence electrons. The fourth-order valence-electron chi connectivity index (χ4n) is 2.25. The summed E-state index contributed by atoms with van der Waals surface area (Å²) in [6.07, 6.45) is 1.05. The van der Waals surface area contributed by atoms with Crippen LogP contribution in [0.15, 0.2) is 41.8 Å². The van der Waals surface area contributed by atoms with Crippen LogP contribution in [-0.2, 0) is 14.8 Å². The molecule has 2 amide bonds. The van der Waals surface area contributed by atoms with Gasteiger partial charge in [0.25, 0.3) is 5.91 Å². The third-order valence-corrected chi connectivity index (χ3v) is 4.89. The maximum atomic E-state index is 12.6. The zero-order valence-corrected chi connectivity index (χ0v) is 16.3. The molecule has 2 rings (SSSR count). The van der Waals surface area contributed by atoms with Gasteiger partial charge in [0.1, 0.15) is 6.04 Å². The number of nitrogens with one attached hydrogen (secondary N) is 3. The highest BCUT2D eigenvalue weighted by Crippen LogP contribution is 2.17. The number of sulfonamides is 1. The molecule has 1 atom stereocenters. The van der Waals surface area contributed by atoms with Crippen LogP contribution < -0.4 is 15.4 Å². The van der Waals surface area contributed by atoms with E-state index < -0.39 is 16.1 Å². The van der Waals surface area contributed by atoms with E-state index in [0.717, 1.165) is 6.26 Å². The molecule has 7 nitrogen and oxygen atoms in total. The number of anilines is 2. The lowest BCUT2D eigenvalue weighted by atomic mass is 10.0. The molecule has 1 aromatic carbocycles. The van der Waals surface area contributed by atoms with Crippen molar-refractivity contribution >= 4 is 44.5 Å². The minimum absolute atomic E-state index is 0.128. The van der Waals surface area contributed by atoms with Crippen LogP contribution in [-0.4, -0.2) is 32.5 Å². The van der Waals surface area contributed by atoms with Crippen molar-refractivity contribution in [1.29, 1.82) is 0 Å². The smallest absolute Gasteiger partial charge is 0.262 e. The van der Waals surface area contributed by atoms with E-state index in [1.807, 2.05) is 13.8 Å². The number of benzene rings is 1. The summed E-state index contributed by atoms with van der Waals surface area (Å²) in [5.41, 5.74) is 0.772. The molecule has 1 aromatic heterocycles. The normalized spacial score (nSPS) is 12.5. The maximum Gasteiger partial charge on any atom is 0.262 e. The second kappa shape index (κ2) is 8.33. The summed E-state index contributed by atoms with van der Waals surface area (Å²) in [7, 11) is -3.41. The summed E-state index contributed by atoms with van der Waals surface area (Å²) < 4.78 is 25.0. The van der Waals surface area contributed by atoms with E-state index in [-0.39, 0.29) is 17.7 Å². The number of amides is 2. The average Bonchev–Trinajstić information content (AvgIpc) is 3.05. The Labute approximate surface area is 156 Å². The number of rotatable bonds is 7. The molecule has 0 aliphatic heterocycles. The first-order valence-electron chi connectivity index (χ1n) is 7.89. The van der Waals surface area contributed by atoms with Crippen LogP contribution in [0.4, 0.5) is 11.4 Å². The highest BCUT2D eigenvalue weighted by molar-refractivity contribution is 7.92. The minimum Gasteiger partial charge on any atom is -0.339 e. The third kappa shape index (κ3) is 5.85. The Bertz CT molecular complexity index is 877. The van der Waals surface area contributed by atoms with Crippen molar-refractivity contribution in [1.82, 2.24) is 5.32 Å². The molecule has 0 bridgehead atoms. The van der Waals surface area contributed by atoms with Gasteiger partial charge in [-0.3, -0.25) is 14.3 Å². The molecule has 1 heterocycles. The van der Waals surface area contributed by atoms with Crippen LogP contribution in [0.3, 0.4) is 0 Å². The molecule has 26 heavy (non-hydrogen) atoms. The monoisotopic (exact) mass is 395 g/mol. The Morgan fingerprint density at radius 3 is 2.35 bits per heavy atom. The van der Waals surface area contributed by atoms with Gasteiger partial charge in [0.2, 0.25) is 15.9 Å². The summed E-state index contributed by atoms with van der Waals surface area (Å²) in [6.45, 7) is 3.67. The molecular formula is C17H21N3O4S2. The minimum atomic E-state index is -3.41. The van der Waals surface area contributed by atoms with E-state index in [9.17, 15) is 18.0 Å². The summed E-state index contributed by atoms with van der Waals surface area (Å²) in [5, 5.41) is 7.25. The fraction of sp³-hybridized carbons (Fsp3) is 0.294. The van der Waals surface area contributed by atoms with Crippen molar-refractivity contribution in [2.45, 2.75) is 19.9 Å². The highest BCUT2D eigenvalue weighted by atomic mass is 32.2. The van der Waals surface area contributed by atoms with Gasteiger partial charge in [-0.15, -0.1) is 11.3 Å². The van der Waals surface area contributed by atoms with Crippen molar-refractivity contribution in [3.63, 3.8) is 0 Å². The fourth-order valence-corrected chi connectivity index (χ4v) is 3.43. The Kier molecular flexibility index (Phi) is 6.38. The molecule has 0 aliphatic carbocycles. The van der Waals surface area contributed by atoms with Crippen molar-refractivity contribution < 1.29 is 18.0 Å². The molecule has 9 heteroatoms. The molecule has 0 saturated carbocycles. The Morgan fingerprint density at radius 1 is 1.08 bits per heavy atom. The molecule has 2 aromatic rings. The van der Waals surface area contributed by atoms with Gasteiger partial charge in [0.15, 0.2) is 0 Å². The Morgan fingerprint density at radius 2 is 1.77 bits per heavy atom. The van der Waals surface area contributed by atoms with Crippen LogP contribution >= 0.6 is 11.3 Å². The lowest BCUT2D eigenvalue weighted by molar-refractivity contribution is -0.118. The Hall–Kier alpha value is -2.39. The van der Waals surface area contributed by atoms with Crippen molar-refractivity contribution in [2.24, 2.45) is 5.92 Å². The molecule has 1 unspecified atom stereocenters. The first-order chi connectivity index (χ1) is 12.2. The molecular weight excluding hydrogens is 374 g/mol. The molecule has 3 N–H and O–H groups in total. The largest absolute Gasteiger partial charge is 0.339 e. The maximum absolute atomic E-state index is 12.6. The van der Waals surface area contributed by atoms with Crippen LogP contribution in [0.25, 0.3) is 0 Å². The van der Waals surface area contributed by atoms with Crippen molar-refractivity contribution in [2.75, 3.05) is 16.3 Å². The van der Waals surface area contributed by atoms with Gasteiger partial charge in [-0.05, 0) is 35.6 Å². The number of thiophene rings is 1. The van der Waals surface area contributed by atoms with Crippen LogP contribution in [0.5, 0.6) is 0 Å². The lowest BCUT2D eigenvalue weighted by Gasteiger charge is -2.21.